The summed E-state index contributed by atoms with van der Waals surface area (Å²) in [7, 11) is 0. The van der Waals surface area contributed by atoms with E-state index in [1.165, 1.54) is 0 Å². The van der Waals surface area contributed by atoms with Gasteiger partial charge < -0.3 is 5.11 Å². The van der Waals surface area contributed by atoms with E-state index in [1.54, 1.807) is 16.9 Å². The van der Waals surface area contributed by atoms with Crippen molar-refractivity contribution in [3.8, 4) is 0 Å². The van der Waals surface area contributed by atoms with Gasteiger partial charge in [-0.25, -0.2) is 0 Å². The van der Waals surface area contributed by atoms with Gasteiger partial charge in [0, 0.05) is 12.7 Å². The molecule has 0 aromatic carbocycles. The van der Waals surface area contributed by atoms with E-state index < -0.39 is 6.10 Å². The Labute approximate surface area is 83.3 Å². The quantitative estimate of drug-likeness (QED) is 0.757. The Morgan fingerprint density at radius 2 is 2.31 bits per heavy atom. The summed E-state index contributed by atoms with van der Waals surface area (Å²) in [5, 5.41) is 13.6. The average Bonchev–Trinajstić information content (AvgIpc) is 2.50. The molecule has 0 saturated carbocycles. The summed E-state index contributed by atoms with van der Waals surface area (Å²) in [6, 6.07) is 1.80. The fourth-order valence-corrected chi connectivity index (χ4v) is 1.36. The Bertz CT molecular complexity index is 260. The summed E-state index contributed by atoms with van der Waals surface area (Å²) in [5.74, 6) is 0.727. The summed E-state index contributed by atoms with van der Waals surface area (Å²) in [4.78, 5) is 0. The maximum absolute atomic E-state index is 9.52. The molecule has 0 aliphatic rings. The molecule has 1 aromatic heterocycles. The minimum atomic E-state index is -0.608. The van der Waals surface area contributed by atoms with Gasteiger partial charge in [0.25, 0.3) is 0 Å². The minimum Gasteiger partial charge on any atom is -0.386 e. The van der Waals surface area contributed by atoms with Crippen molar-refractivity contribution in [3.63, 3.8) is 0 Å². The molecule has 0 spiro atoms. The number of aromatic nitrogens is 2. The van der Waals surface area contributed by atoms with Crippen molar-refractivity contribution in [1.29, 1.82) is 0 Å². The first kappa shape index (κ1) is 10.5. The monoisotopic (exact) mass is 202 g/mol. The zero-order valence-corrected chi connectivity index (χ0v) is 8.70. The van der Waals surface area contributed by atoms with Crippen LogP contribution in [0, 0.1) is 5.92 Å². The smallest absolute Gasteiger partial charge is 0.109 e. The van der Waals surface area contributed by atoms with E-state index in [1.807, 2.05) is 0 Å². The van der Waals surface area contributed by atoms with Crippen molar-refractivity contribution in [3.05, 3.63) is 18.0 Å². The molecule has 0 aliphatic heterocycles. The Morgan fingerprint density at radius 1 is 1.62 bits per heavy atom. The third-order valence-electron chi connectivity index (χ3n) is 1.78. The maximum Gasteiger partial charge on any atom is 0.109 e. The number of alkyl halides is 1. The molecular weight excluding hydrogens is 188 g/mol. The van der Waals surface area contributed by atoms with E-state index in [2.05, 4.69) is 18.9 Å². The van der Waals surface area contributed by atoms with E-state index in [9.17, 15) is 5.11 Å². The van der Waals surface area contributed by atoms with Gasteiger partial charge in [0.2, 0.25) is 0 Å². The molecule has 1 rings (SSSR count). The van der Waals surface area contributed by atoms with Gasteiger partial charge >= 0.3 is 0 Å². The summed E-state index contributed by atoms with van der Waals surface area (Å²) in [5.41, 5.74) is 0.795. The summed E-state index contributed by atoms with van der Waals surface area (Å²) in [6.45, 7) is 5.04. The van der Waals surface area contributed by atoms with Crippen LogP contribution in [0.2, 0.25) is 0 Å². The van der Waals surface area contributed by atoms with Crippen LogP contribution in [0.1, 0.15) is 25.6 Å². The number of hydrogen-bond donors (Lipinski definition) is 1. The summed E-state index contributed by atoms with van der Waals surface area (Å²) < 4.78 is 1.80. The van der Waals surface area contributed by atoms with Crippen LogP contribution in [0.4, 0.5) is 0 Å². The predicted octanol–water partition coefficient (Wildman–Crippen LogP) is 1.81. The highest BCUT2D eigenvalue weighted by Gasteiger charge is 2.12. The Kier molecular flexibility index (Phi) is 3.75. The van der Waals surface area contributed by atoms with Gasteiger partial charge in [-0.2, -0.15) is 5.10 Å². The molecule has 0 bridgehead atoms. The standard InChI is InChI=1S/C9H15ClN2O/c1-7(2)6-12-8(3-4-11-12)9(13)5-10/h3-4,7,9,13H,5-6H2,1-2H3. The van der Waals surface area contributed by atoms with Crippen molar-refractivity contribution < 1.29 is 5.11 Å². The fraction of sp³-hybridized carbons (Fsp3) is 0.667. The van der Waals surface area contributed by atoms with Gasteiger partial charge in [0.05, 0.1) is 11.6 Å². The summed E-state index contributed by atoms with van der Waals surface area (Å²) >= 11 is 5.56. The molecule has 1 heterocycles. The van der Waals surface area contributed by atoms with Crippen LogP contribution in [0.3, 0.4) is 0 Å². The molecule has 0 amide bonds. The number of hydrogen-bond acceptors (Lipinski definition) is 2. The van der Waals surface area contributed by atoms with Crippen LogP contribution in [-0.4, -0.2) is 20.8 Å². The highest BCUT2D eigenvalue weighted by atomic mass is 35.5. The van der Waals surface area contributed by atoms with Gasteiger partial charge in [-0.3, -0.25) is 4.68 Å². The lowest BCUT2D eigenvalue weighted by molar-refractivity contribution is 0.188. The van der Waals surface area contributed by atoms with Gasteiger partial charge in [-0.15, -0.1) is 11.6 Å². The predicted molar refractivity (Wildman–Crippen MR) is 52.7 cm³/mol. The number of halogens is 1. The van der Waals surface area contributed by atoms with Gasteiger partial charge in [0.15, 0.2) is 0 Å². The van der Waals surface area contributed by atoms with Gasteiger partial charge in [-0.05, 0) is 12.0 Å². The van der Waals surface area contributed by atoms with E-state index >= 15 is 0 Å². The Morgan fingerprint density at radius 3 is 2.85 bits per heavy atom. The highest BCUT2D eigenvalue weighted by Crippen LogP contribution is 2.14. The van der Waals surface area contributed by atoms with Crippen LogP contribution in [-0.2, 0) is 6.54 Å². The van der Waals surface area contributed by atoms with Gasteiger partial charge in [-0.1, -0.05) is 13.8 Å². The Hall–Kier alpha value is -0.540. The van der Waals surface area contributed by atoms with Gasteiger partial charge in [0.1, 0.15) is 6.10 Å². The Balaban J connectivity index is 2.76. The molecule has 13 heavy (non-hydrogen) atoms. The SMILES string of the molecule is CC(C)Cn1nccc1C(O)CCl. The number of aliphatic hydroxyl groups is 1. The number of rotatable bonds is 4. The first-order valence-electron chi connectivity index (χ1n) is 4.41. The van der Waals surface area contributed by atoms with E-state index in [4.69, 9.17) is 11.6 Å². The minimum absolute atomic E-state index is 0.212. The zero-order chi connectivity index (χ0) is 9.84. The highest BCUT2D eigenvalue weighted by molar-refractivity contribution is 6.18. The number of nitrogens with zero attached hydrogens (tertiary/aromatic N) is 2. The molecule has 3 nitrogen and oxygen atoms in total. The molecule has 1 atom stereocenters. The molecule has 1 N–H and O–H groups in total. The summed E-state index contributed by atoms with van der Waals surface area (Å²) in [6.07, 6.45) is 1.08. The second-order valence-corrected chi connectivity index (χ2v) is 3.81. The lowest BCUT2D eigenvalue weighted by Gasteiger charge is -2.12. The molecule has 0 saturated heterocycles. The molecule has 0 fully saturated rings. The van der Waals surface area contributed by atoms with Crippen molar-refractivity contribution in [2.45, 2.75) is 26.5 Å². The molecule has 74 valence electrons. The molecule has 1 unspecified atom stereocenters. The van der Waals surface area contributed by atoms with Crippen LogP contribution in [0.5, 0.6) is 0 Å². The lowest BCUT2D eigenvalue weighted by Crippen LogP contribution is -2.13. The van der Waals surface area contributed by atoms with E-state index in [0.717, 1.165) is 12.2 Å². The molecule has 1 aromatic rings. The maximum atomic E-state index is 9.52. The molecule has 4 heteroatoms. The van der Waals surface area contributed by atoms with E-state index in [0.29, 0.717) is 5.92 Å². The molecule has 0 radical (unpaired) electrons. The number of aliphatic hydroxyl groups excluding tert-OH is 1. The van der Waals surface area contributed by atoms with Crippen LogP contribution >= 0.6 is 11.6 Å². The first-order chi connectivity index (χ1) is 6.15. The molecule has 0 aliphatic carbocycles. The second-order valence-electron chi connectivity index (χ2n) is 3.50. The normalized spacial score (nSPS) is 13.6. The van der Waals surface area contributed by atoms with Crippen molar-refractivity contribution >= 4 is 11.6 Å². The fourth-order valence-electron chi connectivity index (χ4n) is 1.20. The topological polar surface area (TPSA) is 38.0 Å². The van der Waals surface area contributed by atoms with E-state index in [-0.39, 0.29) is 5.88 Å². The first-order valence-corrected chi connectivity index (χ1v) is 4.94. The van der Waals surface area contributed by atoms with Crippen LogP contribution in [0.25, 0.3) is 0 Å². The second kappa shape index (κ2) is 4.63. The van der Waals surface area contributed by atoms with Crippen LogP contribution in [0.15, 0.2) is 12.3 Å². The largest absolute Gasteiger partial charge is 0.386 e. The zero-order valence-electron chi connectivity index (χ0n) is 7.94. The van der Waals surface area contributed by atoms with Crippen molar-refractivity contribution in [2.24, 2.45) is 5.92 Å². The van der Waals surface area contributed by atoms with Crippen molar-refractivity contribution in [2.75, 3.05) is 5.88 Å². The lowest BCUT2D eigenvalue weighted by atomic mass is 10.2. The third kappa shape index (κ3) is 2.71. The van der Waals surface area contributed by atoms with Crippen molar-refractivity contribution in [1.82, 2.24) is 9.78 Å². The third-order valence-corrected chi connectivity index (χ3v) is 2.07. The average molecular weight is 203 g/mol. The van der Waals surface area contributed by atoms with Crippen LogP contribution < -0.4 is 0 Å². The molecular formula is C9H15ClN2O.